The molecule has 0 bridgehead atoms. The van der Waals surface area contributed by atoms with Crippen LogP contribution in [-0.2, 0) is 13.5 Å². The van der Waals surface area contributed by atoms with Crippen LogP contribution in [0.4, 0.5) is 0 Å². The smallest absolute Gasteiger partial charge is 0.0492 e. The van der Waals surface area contributed by atoms with Crippen LogP contribution in [0.3, 0.4) is 0 Å². The Kier molecular flexibility index (Phi) is 3.78. The Bertz CT molecular complexity index is 289. The number of aromatic nitrogens is 2. The van der Waals surface area contributed by atoms with Crippen molar-refractivity contribution in [3.8, 4) is 0 Å². The fraction of sp³-hybridized carbons (Fsp3) is 0.750. The molecule has 0 unspecified atom stereocenters. The zero-order valence-corrected chi connectivity index (χ0v) is 9.58. The van der Waals surface area contributed by atoms with Gasteiger partial charge in [-0.3, -0.25) is 4.68 Å². The highest BCUT2D eigenvalue weighted by Gasteiger charge is 2.15. The summed E-state index contributed by atoms with van der Waals surface area (Å²) in [4.78, 5) is 0. The summed E-state index contributed by atoms with van der Waals surface area (Å²) in [5, 5.41) is 7.66. The average molecular weight is 207 g/mol. The summed E-state index contributed by atoms with van der Waals surface area (Å²) < 4.78 is 1.95. The summed E-state index contributed by atoms with van der Waals surface area (Å²) in [7, 11) is 2.00. The highest BCUT2D eigenvalue weighted by Crippen LogP contribution is 2.28. The van der Waals surface area contributed by atoms with Crippen molar-refractivity contribution in [2.75, 3.05) is 13.1 Å². The molecule has 1 heterocycles. The van der Waals surface area contributed by atoms with Crippen LogP contribution in [0.2, 0.25) is 0 Å². The summed E-state index contributed by atoms with van der Waals surface area (Å²) in [6, 6.07) is 2.09. The van der Waals surface area contributed by atoms with Gasteiger partial charge in [-0.2, -0.15) is 5.10 Å². The van der Waals surface area contributed by atoms with Crippen LogP contribution < -0.4 is 5.32 Å². The van der Waals surface area contributed by atoms with E-state index in [1.54, 1.807) is 0 Å². The van der Waals surface area contributed by atoms with E-state index in [-0.39, 0.29) is 0 Å². The van der Waals surface area contributed by atoms with E-state index in [4.69, 9.17) is 0 Å². The van der Waals surface area contributed by atoms with Gasteiger partial charge in [-0.15, -0.1) is 0 Å². The predicted molar refractivity (Wildman–Crippen MR) is 61.7 cm³/mol. The van der Waals surface area contributed by atoms with Crippen molar-refractivity contribution in [1.82, 2.24) is 15.1 Å². The van der Waals surface area contributed by atoms with Gasteiger partial charge in [0.25, 0.3) is 0 Å². The van der Waals surface area contributed by atoms with E-state index >= 15 is 0 Å². The quantitative estimate of drug-likeness (QED) is 0.720. The minimum absolute atomic E-state index is 1.02. The molecule has 1 aliphatic rings. The van der Waals surface area contributed by atoms with Crippen LogP contribution >= 0.6 is 0 Å². The van der Waals surface area contributed by atoms with Gasteiger partial charge in [-0.25, -0.2) is 0 Å². The van der Waals surface area contributed by atoms with E-state index in [1.165, 1.54) is 37.9 Å². The molecule has 0 aromatic carbocycles. The molecule has 1 aromatic rings. The summed E-state index contributed by atoms with van der Waals surface area (Å²) in [6.45, 7) is 2.26. The predicted octanol–water partition coefficient (Wildman–Crippen LogP) is 1.74. The molecule has 3 nitrogen and oxygen atoms in total. The Morgan fingerprint density at radius 3 is 2.93 bits per heavy atom. The maximum Gasteiger partial charge on any atom is 0.0492 e. The molecule has 15 heavy (non-hydrogen) atoms. The minimum atomic E-state index is 1.02. The molecule has 0 aliphatic heterocycles. The van der Waals surface area contributed by atoms with Crippen LogP contribution in [0, 0.1) is 5.92 Å². The van der Waals surface area contributed by atoms with Crippen molar-refractivity contribution < 1.29 is 0 Å². The Balaban J connectivity index is 1.53. The summed E-state index contributed by atoms with van der Waals surface area (Å²) in [6.07, 6.45) is 8.70. The second kappa shape index (κ2) is 5.31. The molecule has 1 aliphatic carbocycles. The number of nitrogens with zero attached hydrogens (tertiary/aromatic N) is 2. The van der Waals surface area contributed by atoms with Gasteiger partial charge in [0.15, 0.2) is 0 Å². The van der Waals surface area contributed by atoms with Gasteiger partial charge in [0.2, 0.25) is 0 Å². The van der Waals surface area contributed by atoms with Crippen molar-refractivity contribution in [3.63, 3.8) is 0 Å². The van der Waals surface area contributed by atoms with Crippen molar-refractivity contribution in [1.29, 1.82) is 0 Å². The first-order valence-electron chi connectivity index (χ1n) is 6.04. The van der Waals surface area contributed by atoms with E-state index in [0.717, 1.165) is 18.9 Å². The highest BCUT2D eigenvalue weighted by molar-refractivity contribution is 5.00. The fourth-order valence-corrected chi connectivity index (χ4v) is 2.08. The lowest BCUT2D eigenvalue weighted by molar-refractivity contribution is 0.292. The van der Waals surface area contributed by atoms with Gasteiger partial charge in [0, 0.05) is 31.9 Å². The van der Waals surface area contributed by atoms with Gasteiger partial charge in [-0.05, 0) is 24.9 Å². The monoisotopic (exact) mass is 207 g/mol. The van der Waals surface area contributed by atoms with Crippen LogP contribution in [0.5, 0.6) is 0 Å². The first-order valence-corrected chi connectivity index (χ1v) is 6.04. The number of aryl methyl sites for hydroxylation is 1. The SMILES string of the molecule is Cn1nccc1CCNCCC1CCC1. The zero-order valence-electron chi connectivity index (χ0n) is 9.58. The van der Waals surface area contributed by atoms with Crippen molar-refractivity contribution in [2.45, 2.75) is 32.1 Å². The molecule has 0 atom stereocenters. The minimum Gasteiger partial charge on any atom is -0.316 e. The molecule has 1 N–H and O–H groups in total. The van der Waals surface area contributed by atoms with E-state index < -0.39 is 0 Å². The molecule has 0 amide bonds. The summed E-state index contributed by atoms with van der Waals surface area (Å²) in [5.74, 6) is 1.02. The van der Waals surface area contributed by atoms with E-state index in [2.05, 4.69) is 16.5 Å². The van der Waals surface area contributed by atoms with E-state index in [1.807, 2.05) is 17.9 Å². The second-order valence-corrected chi connectivity index (χ2v) is 4.53. The Hall–Kier alpha value is -0.830. The summed E-state index contributed by atoms with van der Waals surface area (Å²) in [5.41, 5.74) is 1.31. The molecular weight excluding hydrogens is 186 g/mol. The third-order valence-corrected chi connectivity index (χ3v) is 3.43. The van der Waals surface area contributed by atoms with Gasteiger partial charge < -0.3 is 5.32 Å². The molecular formula is C12H21N3. The molecule has 2 rings (SSSR count). The average Bonchev–Trinajstić information content (AvgIpc) is 2.55. The number of hydrogen-bond acceptors (Lipinski definition) is 2. The number of nitrogens with one attached hydrogen (secondary N) is 1. The van der Waals surface area contributed by atoms with E-state index in [0.29, 0.717) is 0 Å². The third-order valence-electron chi connectivity index (χ3n) is 3.43. The Morgan fingerprint density at radius 2 is 2.33 bits per heavy atom. The zero-order chi connectivity index (χ0) is 10.5. The van der Waals surface area contributed by atoms with Gasteiger partial charge >= 0.3 is 0 Å². The molecule has 0 radical (unpaired) electrons. The lowest BCUT2D eigenvalue weighted by atomic mass is 9.83. The normalized spacial score (nSPS) is 16.6. The Morgan fingerprint density at radius 1 is 1.47 bits per heavy atom. The van der Waals surface area contributed by atoms with Gasteiger partial charge in [0.1, 0.15) is 0 Å². The van der Waals surface area contributed by atoms with Gasteiger partial charge in [-0.1, -0.05) is 19.3 Å². The maximum absolute atomic E-state index is 4.16. The molecule has 1 fully saturated rings. The van der Waals surface area contributed by atoms with Crippen molar-refractivity contribution in [3.05, 3.63) is 18.0 Å². The molecule has 84 valence electrons. The van der Waals surface area contributed by atoms with Crippen LogP contribution in [0.25, 0.3) is 0 Å². The lowest BCUT2D eigenvalue weighted by Crippen LogP contribution is -2.23. The number of rotatable bonds is 6. The largest absolute Gasteiger partial charge is 0.316 e. The topological polar surface area (TPSA) is 29.9 Å². The highest BCUT2D eigenvalue weighted by atomic mass is 15.3. The Labute approximate surface area is 91.9 Å². The lowest BCUT2D eigenvalue weighted by Gasteiger charge is -2.25. The van der Waals surface area contributed by atoms with Crippen molar-refractivity contribution >= 4 is 0 Å². The first kappa shape index (κ1) is 10.7. The third kappa shape index (κ3) is 3.06. The molecule has 3 heteroatoms. The second-order valence-electron chi connectivity index (χ2n) is 4.53. The van der Waals surface area contributed by atoms with Crippen LogP contribution in [0.15, 0.2) is 12.3 Å². The summed E-state index contributed by atoms with van der Waals surface area (Å²) >= 11 is 0. The first-order chi connectivity index (χ1) is 7.36. The fourth-order valence-electron chi connectivity index (χ4n) is 2.08. The number of hydrogen-bond donors (Lipinski definition) is 1. The standard InChI is InChI=1S/C12H21N3/c1-15-12(7-10-14-15)6-9-13-8-5-11-3-2-4-11/h7,10-11,13H,2-6,8-9H2,1H3. The van der Waals surface area contributed by atoms with Crippen LogP contribution in [-0.4, -0.2) is 22.9 Å². The molecule has 1 saturated carbocycles. The van der Waals surface area contributed by atoms with Gasteiger partial charge in [0.05, 0.1) is 0 Å². The van der Waals surface area contributed by atoms with Crippen molar-refractivity contribution in [2.24, 2.45) is 13.0 Å². The maximum atomic E-state index is 4.16. The molecule has 1 aromatic heterocycles. The van der Waals surface area contributed by atoms with E-state index in [9.17, 15) is 0 Å². The van der Waals surface area contributed by atoms with Crippen LogP contribution in [0.1, 0.15) is 31.4 Å². The molecule has 0 saturated heterocycles. The molecule has 0 spiro atoms.